The second-order valence-corrected chi connectivity index (χ2v) is 5.59. The van der Waals surface area contributed by atoms with E-state index in [1.807, 2.05) is 13.8 Å². The fourth-order valence-corrected chi connectivity index (χ4v) is 2.06. The van der Waals surface area contributed by atoms with Gasteiger partial charge in [0.2, 0.25) is 5.91 Å². The molecule has 0 saturated heterocycles. The van der Waals surface area contributed by atoms with E-state index >= 15 is 0 Å². The van der Waals surface area contributed by atoms with Gasteiger partial charge in [0.05, 0.1) is 17.4 Å². The molecule has 0 aliphatic heterocycles. The third-order valence-electron chi connectivity index (χ3n) is 3.22. The van der Waals surface area contributed by atoms with E-state index in [4.69, 9.17) is 0 Å². The van der Waals surface area contributed by atoms with Crippen molar-refractivity contribution in [3.05, 3.63) is 29.8 Å². The van der Waals surface area contributed by atoms with E-state index < -0.39 is 6.10 Å². The molecule has 21 heavy (non-hydrogen) atoms. The fourth-order valence-electron chi connectivity index (χ4n) is 2.06. The first-order valence-electron chi connectivity index (χ1n) is 7.12. The normalized spacial score (nSPS) is 12.1. The number of rotatable bonds is 6. The van der Waals surface area contributed by atoms with Gasteiger partial charge in [-0.05, 0) is 24.5 Å². The fraction of sp³-hybridized carbons (Fsp3) is 0.500. The molecule has 2 amide bonds. The SMILES string of the molecule is CC(=O)N(C)c1ccccc1C(=O)NCC(O)CC(C)C. The number of benzene rings is 1. The van der Waals surface area contributed by atoms with Gasteiger partial charge in [0.25, 0.3) is 5.91 Å². The largest absolute Gasteiger partial charge is 0.391 e. The van der Waals surface area contributed by atoms with Crippen LogP contribution < -0.4 is 10.2 Å². The topological polar surface area (TPSA) is 69.6 Å². The predicted molar refractivity (Wildman–Crippen MR) is 83.3 cm³/mol. The molecule has 0 fully saturated rings. The molecule has 5 nitrogen and oxygen atoms in total. The zero-order valence-corrected chi connectivity index (χ0v) is 13.1. The Morgan fingerprint density at radius 3 is 2.48 bits per heavy atom. The number of amides is 2. The van der Waals surface area contributed by atoms with Crippen LogP contribution in [0.25, 0.3) is 0 Å². The van der Waals surface area contributed by atoms with Gasteiger partial charge < -0.3 is 15.3 Å². The lowest BCUT2D eigenvalue weighted by Crippen LogP contribution is -2.34. The Morgan fingerprint density at radius 1 is 1.29 bits per heavy atom. The van der Waals surface area contributed by atoms with Gasteiger partial charge in [-0.15, -0.1) is 0 Å². The molecule has 2 N–H and O–H groups in total. The highest BCUT2D eigenvalue weighted by Gasteiger charge is 2.17. The number of carbonyl (C=O) groups is 2. The minimum Gasteiger partial charge on any atom is -0.391 e. The number of carbonyl (C=O) groups excluding carboxylic acids is 2. The van der Waals surface area contributed by atoms with E-state index in [-0.39, 0.29) is 18.4 Å². The summed E-state index contributed by atoms with van der Waals surface area (Å²) < 4.78 is 0. The Morgan fingerprint density at radius 2 is 1.90 bits per heavy atom. The van der Waals surface area contributed by atoms with Crippen LogP contribution >= 0.6 is 0 Å². The highest BCUT2D eigenvalue weighted by molar-refractivity contribution is 6.04. The monoisotopic (exact) mass is 292 g/mol. The van der Waals surface area contributed by atoms with Crippen molar-refractivity contribution in [2.75, 3.05) is 18.5 Å². The Labute approximate surface area is 126 Å². The molecule has 0 aromatic heterocycles. The van der Waals surface area contributed by atoms with Crippen molar-refractivity contribution >= 4 is 17.5 Å². The number of anilines is 1. The van der Waals surface area contributed by atoms with Crippen molar-refractivity contribution < 1.29 is 14.7 Å². The van der Waals surface area contributed by atoms with E-state index in [1.165, 1.54) is 11.8 Å². The number of nitrogens with zero attached hydrogens (tertiary/aromatic N) is 1. The lowest BCUT2D eigenvalue weighted by Gasteiger charge is -2.19. The van der Waals surface area contributed by atoms with Gasteiger partial charge in [-0.1, -0.05) is 26.0 Å². The Balaban J connectivity index is 2.77. The van der Waals surface area contributed by atoms with Crippen molar-refractivity contribution in [2.45, 2.75) is 33.3 Å². The number of nitrogens with one attached hydrogen (secondary N) is 1. The summed E-state index contributed by atoms with van der Waals surface area (Å²) in [5.41, 5.74) is 0.979. The predicted octanol–water partition coefficient (Wildman–Crippen LogP) is 1.81. The number of aliphatic hydroxyl groups excluding tert-OH is 1. The average Bonchev–Trinajstić information content (AvgIpc) is 2.43. The maximum atomic E-state index is 12.2. The van der Waals surface area contributed by atoms with Crippen LogP contribution in [0.3, 0.4) is 0 Å². The van der Waals surface area contributed by atoms with Gasteiger partial charge in [0, 0.05) is 20.5 Å². The van der Waals surface area contributed by atoms with E-state index in [0.717, 1.165) is 0 Å². The van der Waals surface area contributed by atoms with Crippen LogP contribution in [0.1, 0.15) is 37.6 Å². The van der Waals surface area contributed by atoms with Crippen LogP contribution in [-0.2, 0) is 4.79 Å². The molecule has 0 heterocycles. The molecule has 0 radical (unpaired) electrons. The van der Waals surface area contributed by atoms with Gasteiger partial charge in [-0.2, -0.15) is 0 Å². The maximum Gasteiger partial charge on any atom is 0.253 e. The third kappa shape index (κ3) is 5.19. The molecule has 1 atom stereocenters. The van der Waals surface area contributed by atoms with Crippen molar-refractivity contribution in [1.82, 2.24) is 5.32 Å². The molecule has 0 saturated carbocycles. The van der Waals surface area contributed by atoms with Crippen molar-refractivity contribution in [2.24, 2.45) is 5.92 Å². The molecule has 1 rings (SSSR count). The molecule has 1 unspecified atom stereocenters. The number of para-hydroxylation sites is 1. The Bertz CT molecular complexity index is 500. The molecule has 1 aromatic carbocycles. The summed E-state index contributed by atoms with van der Waals surface area (Å²) in [4.78, 5) is 25.1. The molecule has 1 aromatic rings. The second kappa shape index (κ2) is 7.78. The zero-order chi connectivity index (χ0) is 16.0. The number of aliphatic hydroxyl groups is 1. The first kappa shape index (κ1) is 17.2. The molecular formula is C16H24N2O3. The lowest BCUT2D eigenvalue weighted by molar-refractivity contribution is -0.116. The van der Waals surface area contributed by atoms with Gasteiger partial charge in [-0.3, -0.25) is 9.59 Å². The zero-order valence-electron chi connectivity index (χ0n) is 13.1. The second-order valence-electron chi connectivity index (χ2n) is 5.59. The van der Waals surface area contributed by atoms with Crippen LogP contribution in [0.4, 0.5) is 5.69 Å². The van der Waals surface area contributed by atoms with E-state index in [0.29, 0.717) is 23.6 Å². The van der Waals surface area contributed by atoms with Crippen LogP contribution in [0, 0.1) is 5.92 Å². The molecule has 5 heteroatoms. The summed E-state index contributed by atoms with van der Waals surface area (Å²) in [5, 5.41) is 12.5. The van der Waals surface area contributed by atoms with E-state index in [1.54, 1.807) is 31.3 Å². The molecule has 0 spiro atoms. The number of hydrogen-bond acceptors (Lipinski definition) is 3. The Hall–Kier alpha value is -1.88. The van der Waals surface area contributed by atoms with Crippen molar-refractivity contribution in [1.29, 1.82) is 0 Å². The Kier molecular flexibility index (Phi) is 6.37. The molecule has 0 aliphatic rings. The number of hydrogen-bond donors (Lipinski definition) is 2. The first-order valence-corrected chi connectivity index (χ1v) is 7.12. The van der Waals surface area contributed by atoms with Crippen molar-refractivity contribution in [3.8, 4) is 0 Å². The van der Waals surface area contributed by atoms with E-state index in [9.17, 15) is 14.7 Å². The summed E-state index contributed by atoms with van der Waals surface area (Å²) in [7, 11) is 1.63. The highest BCUT2D eigenvalue weighted by Crippen LogP contribution is 2.19. The van der Waals surface area contributed by atoms with Crippen LogP contribution in [0.15, 0.2) is 24.3 Å². The summed E-state index contributed by atoms with van der Waals surface area (Å²) in [5.74, 6) is -0.0652. The lowest BCUT2D eigenvalue weighted by atomic mass is 10.1. The maximum absolute atomic E-state index is 12.2. The average molecular weight is 292 g/mol. The van der Waals surface area contributed by atoms with E-state index in [2.05, 4.69) is 5.32 Å². The van der Waals surface area contributed by atoms with Crippen LogP contribution in [-0.4, -0.2) is 36.6 Å². The van der Waals surface area contributed by atoms with Crippen LogP contribution in [0.2, 0.25) is 0 Å². The summed E-state index contributed by atoms with van der Waals surface area (Å²) >= 11 is 0. The molecule has 116 valence electrons. The molecular weight excluding hydrogens is 268 g/mol. The van der Waals surface area contributed by atoms with Gasteiger partial charge in [0.15, 0.2) is 0 Å². The van der Waals surface area contributed by atoms with Crippen molar-refractivity contribution in [3.63, 3.8) is 0 Å². The molecule has 0 aliphatic carbocycles. The highest BCUT2D eigenvalue weighted by atomic mass is 16.3. The summed E-state index contributed by atoms with van der Waals surface area (Å²) in [6, 6.07) is 6.91. The minimum absolute atomic E-state index is 0.143. The van der Waals surface area contributed by atoms with Gasteiger partial charge in [-0.25, -0.2) is 0 Å². The summed E-state index contributed by atoms with van der Waals surface area (Å²) in [6.45, 7) is 5.68. The first-order chi connectivity index (χ1) is 9.82. The summed E-state index contributed by atoms with van der Waals surface area (Å²) in [6.07, 6.45) is 0.0709. The minimum atomic E-state index is -0.563. The van der Waals surface area contributed by atoms with Gasteiger partial charge >= 0.3 is 0 Å². The quantitative estimate of drug-likeness (QED) is 0.840. The molecule has 0 bridgehead atoms. The smallest absolute Gasteiger partial charge is 0.253 e. The third-order valence-corrected chi connectivity index (χ3v) is 3.22. The van der Waals surface area contributed by atoms with Gasteiger partial charge in [0.1, 0.15) is 0 Å². The van der Waals surface area contributed by atoms with Crippen LogP contribution in [0.5, 0.6) is 0 Å². The standard InChI is InChI=1S/C16H24N2O3/c1-11(2)9-13(20)10-17-16(21)14-7-5-6-8-15(14)18(4)12(3)19/h5-8,11,13,20H,9-10H2,1-4H3,(H,17,21).